The molecule has 44 heavy (non-hydrogen) atoms. The van der Waals surface area contributed by atoms with Crippen LogP contribution in [0.1, 0.15) is 31.0 Å². The number of carbonyl (C=O) groups excluding carboxylic acids is 1. The number of halogens is 4. The third-order valence-corrected chi connectivity index (χ3v) is 9.03. The molecule has 4 aromatic rings. The van der Waals surface area contributed by atoms with E-state index < -0.39 is 11.5 Å². The molecule has 1 atom stereocenters. The van der Waals surface area contributed by atoms with Crippen molar-refractivity contribution in [1.82, 2.24) is 24.4 Å². The zero-order chi connectivity index (χ0) is 31.6. The Balaban J connectivity index is 1.74. The van der Waals surface area contributed by atoms with Crippen molar-refractivity contribution in [3.8, 4) is 16.9 Å². The number of rotatable bonds is 4. The van der Waals surface area contributed by atoms with Crippen LogP contribution in [0.3, 0.4) is 0 Å². The Morgan fingerprint density at radius 3 is 2.68 bits per heavy atom. The highest BCUT2D eigenvalue weighted by atomic mass is 35.5. The summed E-state index contributed by atoms with van der Waals surface area (Å²) in [7, 11) is 0. The van der Waals surface area contributed by atoms with E-state index in [2.05, 4.69) is 21.9 Å². The fourth-order valence-corrected chi connectivity index (χ4v) is 6.70. The first-order valence-corrected chi connectivity index (χ1v) is 15.0. The van der Waals surface area contributed by atoms with Gasteiger partial charge in [-0.2, -0.15) is 4.98 Å². The SMILES string of the molecule is C=CC(=O)N1CCN2c3nc(=O)n(-c4c(C)ccnc4C(C)C)c4nc(-c5c(N)c(Cl)cc(Cl)c5F)c(Cl)c(c34)NCC2C1. The number of pyridine rings is 2. The number of nitrogens with zero attached hydrogens (tertiary/aromatic N) is 6. The van der Waals surface area contributed by atoms with Crippen LogP contribution < -0.4 is 21.6 Å². The summed E-state index contributed by atoms with van der Waals surface area (Å²) < 4.78 is 17.1. The van der Waals surface area contributed by atoms with Gasteiger partial charge in [-0.15, -0.1) is 0 Å². The maximum atomic E-state index is 15.7. The number of amides is 1. The molecule has 5 heterocycles. The second kappa shape index (κ2) is 11.2. The smallest absolute Gasteiger partial charge is 0.355 e. The van der Waals surface area contributed by atoms with E-state index in [-0.39, 0.29) is 55.5 Å². The molecular formula is C30H28Cl3FN8O2. The molecule has 2 aliphatic rings. The number of hydrogen-bond donors (Lipinski definition) is 2. The number of aryl methyl sites for hydroxylation is 1. The van der Waals surface area contributed by atoms with E-state index in [0.29, 0.717) is 54.5 Å². The first kappa shape index (κ1) is 30.1. The molecule has 14 heteroatoms. The predicted octanol–water partition coefficient (Wildman–Crippen LogP) is 5.58. The lowest BCUT2D eigenvalue weighted by molar-refractivity contribution is -0.126. The van der Waals surface area contributed by atoms with Crippen molar-refractivity contribution >= 4 is 68.9 Å². The summed E-state index contributed by atoms with van der Waals surface area (Å²) in [4.78, 5) is 44.3. The fraction of sp³-hybridized carbons (Fsp3) is 0.300. The third-order valence-electron chi connectivity index (χ3n) is 8.07. The van der Waals surface area contributed by atoms with Crippen LogP contribution in [0, 0.1) is 12.7 Å². The maximum Gasteiger partial charge on any atom is 0.355 e. The molecule has 0 aliphatic carbocycles. The molecule has 1 fully saturated rings. The molecule has 1 saturated heterocycles. The number of benzene rings is 1. The summed E-state index contributed by atoms with van der Waals surface area (Å²) in [6.07, 6.45) is 2.95. The Hall–Kier alpha value is -3.93. The average Bonchev–Trinajstić information content (AvgIpc) is 3.15. The van der Waals surface area contributed by atoms with Gasteiger partial charge in [-0.3, -0.25) is 9.78 Å². The van der Waals surface area contributed by atoms with Crippen LogP contribution in [0.5, 0.6) is 0 Å². The van der Waals surface area contributed by atoms with Crippen LogP contribution in [-0.4, -0.2) is 62.5 Å². The highest BCUT2D eigenvalue weighted by Crippen LogP contribution is 2.47. The molecule has 0 bridgehead atoms. The molecule has 228 valence electrons. The summed E-state index contributed by atoms with van der Waals surface area (Å²) in [5, 5.41) is 3.63. The number of fused-ring (bicyclic) bond motifs is 2. The highest BCUT2D eigenvalue weighted by molar-refractivity contribution is 6.40. The monoisotopic (exact) mass is 656 g/mol. The van der Waals surface area contributed by atoms with Crippen LogP contribution in [0.2, 0.25) is 15.1 Å². The molecule has 0 saturated carbocycles. The second-order valence-corrected chi connectivity index (χ2v) is 12.3. The van der Waals surface area contributed by atoms with Crippen LogP contribution in [-0.2, 0) is 4.79 Å². The zero-order valence-electron chi connectivity index (χ0n) is 24.1. The molecule has 10 nitrogen and oxygen atoms in total. The molecular weight excluding hydrogens is 630 g/mol. The van der Waals surface area contributed by atoms with E-state index in [4.69, 9.17) is 45.5 Å². The van der Waals surface area contributed by atoms with Gasteiger partial charge in [-0.05, 0) is 36.6 Å². The van der Waals surface area contributed by atoms with Gasteiger partial charge in [-0.1, -0.05) is 55.2 Å². The minimum absolute atomic E-state index is 0.0188. The average molecular weight is 658 g/mol. The van der Waals surface area contributed by atoms with Crippen LogP contribution in [0.4, 0.5) is 21.6 Å². The number of piperazine rings is 1. The van der Waals surface area contributed by atoms with Gasteiger partial charge < -0.3 is 20.9 Å². The summed E-state index contributed by atoms with van der Waals surface area (Å²) in [6, 6.07) is 2.72. The van der Waals surface area contributed by atoms with E-state index >= 15 is 4.39 Å². The Kier molecular flexibility index (Phi) is 7.67. The van der Waals surface area contributed by atoms with Crippen molar-refractivity contribution in [1.29, 1.82) is 0 Å². The Morgan fingerprint density at radius 2 is 1.98 bits per heavy atom. The molecule has 2 aliphatic heterocycles. The molecule has 3 aromatic heterocycles. The summed E-state index contributed by atoms with van der Waals surface area (Å²) in [5.74, 6) is -0.768. The van der Waals surface area contributed by atoms with Gasteiger partial charge in [0, 0.05) is 32.4 Å². The number of nitrogens with two attached hydrogens (primary N) is 1. The van der Waals surface area contributed by atoms with Crippen molar-refractivity contribution in [2.45, 2.75) is 32.7 Å². The topological polar surface area (TPSA) is 122 Å². The third kappa shape index (κ3) is 4.65. The van der Waals surface area contributed by atoms with E-state index in [9.17, 15) is 9.59 Å². The Labute approximate surface area is 267 Å². The molecule has 1 unspecified atom stereocenters. The van der Waals surface area contributed by atoms with Gasteiger partial charge in [0.05, 0.1) is 60.5 Å². The molecule has 3 N–H and O–H groups in total. The van der Waals surface area contributed by atoms with Crippen molar-refractivity contribution in [2.24, 2.45) is 0 Å². The lowest BCUT2D eigenvalue weighted by atomic mass is 10.0. The maximum absolute atomic E-state index is 15.7. The summed E-state index contributed by atoms with van der Waals surface area (Å²) in [6.45, 7) is 10.9. The first-order chi connectivity index (χ1) is 20.9. The molecule has 1 aromatic carbocycles. The Bertz CT molecular complexity index is 1920. The number of carbonyl (C=O) groups is 1. The van der Waals surface area contributed by atoms with Crippen molar-refractivity contribution in [3.05, 3.63) is 73.6 Å². The largest absolute Gasteiger partial charge is 0.397 e. The zero-order valence-corrected chi connectivity index (χ0v) is 26.4. The van der Waals surface area contributed by atoms with Crippen LogP contribution in [0.25, 0.3) is 28.0 Å². The number of nitrogens with one attached hydrogen (secondary N) is 1. The molecule has 1 amide bonds. The van der Waals surface area contributed by atoms with E-state index in [1.165, 1.54) is 16.7 Å². The standard InChI is InChI=1S/C30H28Cl3FN8O2/c1-5-18(43)40-8-9-41-15(12-40)11-37-25-20-28(41)39-30(44)42(27-14(4)6-7-36-24(27)13(2)3)29(20)38-26(21(25)33)19-22(34)16(31)10-17(32)23(19)35/h5-7,10,13,15,37H,1,8-9,11-12,35H2,2-4H3. The number of aromatic nitrogens is 4. The highest BCUT2D eigenvalue weighted by Gasteiger charge is 2.37. The minimum atomic E-state index is -0.859. The fourth-order valence-electron chi connectivity index (χ4n) is 5.94. The second-order valence-electron chi connectivity index (χ2n) is 11.1. The summed E-state index contributed by atoms with van der Waals surface area (Å²) in [5.41, 5.74) is 7.79. The van der Waals surface area contributed by atoms with E-state index in [1.54, 1.807) is 17.2 Å². The van der Waals surface area contributed by atoms with Crippen molar-refractivity contribution < 1.29 is 9.18 Å². The normalized spacial score (nSPS) is 16.1. The van der Waals surface area contributed by atoms with Crippen LogP contribution >= 0.6 is 34.8 Å². The molecule has 0 spiro atoms. The molecule has 6 rings (SSSR count). The van der Waals surface area contributed by atoms with Crippen molar-refractivity contribution in [3.63, 3.8) is 0 Å². The van der Waals surface area contributed by atoms with E-state index in [1.807, 2.05) is 25.7 Å². The van der Waals surface area contributed by atoms with Gasteiger partial charge in [0.15, 0.2) is 11.5 Å². The molecule has 0 radical (unpaired) electrons. The quantitative estimate of drug-likeness (QED) is 0.166. The van der Waals surface area contributed by atoms with E-state index in [0.717, 1.165) is 5.56 Å². The van der Waals surface area contributed by atoms with Gasteiger partial charge in [0.2, 0.25) is 5.91 Å². The van der Waals surface area contributed by atoms with Gasteiger partial charge in [0.25, 0.3) is 0 Å². The van der Waals surface area contributed by atoms with Gasteiger partial charge >= 0.3 is 5.69 Å². The van der Waals surface area contributed by atoms with Crippen LogP contribution in [0.15, 0.2) is 35.8 Å². The van der Waals surface area contributed by atoms with Gasteiger partial charge in [0.1, 0.15) is 5.82 Å². The number of hydrogen-bond acceptors (Lipinski definition) is 8. The Morgan fingerprint density at radius 1 is 1.23 bits per heavy atom. The first-order valence-electron chi connectivity index (χ1n) is 13.9. The summed E-state index contributed by atoms with van der Waals surface area (Å²) >= 11 is 19.6. The minimum Gasteiger partial charge on any atom is -0.397 e. The lowest BCUT2D eigenvalue weighted by Gasteiger charge is -2.41. The predicted molar refractivity (Wildman–Crippen MR) is 173 cm³/mol. The number of anilines is 3. The lowest BCUT2D eigenvalue weighted by Crippen LogP contribution is -2.57. The number of nitrogen functional groups attached to an aromatic ring is 1. The van der Waals surface area contributed by atoms with Gasteiger partial charge in [-0.25, -0.2) is 18.7 Å². The van der Waals surface area contributed by atoms with Crippen molar-refractivity contribution in [2.75, 3.05) is 42.1 Å².